The van der Waals surface area contributed by atoms with Gasteiger partial charge in [0, 0.05) is 61.2 Å². The third kappa shape index (κ3) is 6.51. The molecule has 0 radical (unpaired) electrons. The van der Waals surface area contributed by atoms with E-state index in [-0.39, 0.29) is 18.0 Å². The summed E-state index contributed by atoms with van der Waals surface area (Å²) < 4.78 is 0. The minimum atomic E-state index is -0.208. The molecule has 1 fully saturated rings. The predicted octanol–water partition coefficient (Wildman–Crippen LogP) is 4.74. The molecule has 3 aromatic carbocycles. The number of carbonyl (C=O) groups is 2. The smallest absolute Gasteiger partial charge is 0.321 e. The number of aliphatic hydroxyl groups excluding tert-OH is 1. The second kappa shape index (κ2) is 10.9. The molecular formula is C27H31N5O3. The first-order valence-electron chi connectivity index (χ1n) is 11.7. The summed E-state index contributed by atoms with van der Waals surface area (Å²) in [5.41, 5.74) is 4.84. The van der Waals surface area contributed by atoms with E-state index < -0.39 is 0 Å². The normalized spacial score (nSPS) is 13.7. The lowest BCUT2D eigenvalue weighted by molar-refractivity contribution is 0.102. The van der Waals surface area contributed by atoms with E-state index in [0.717, 1.165) is 48.7 Å². The summed E-state index contributed by atoms with van der Waals surface area (Å²) in [4.78, 5) is 28.1. The van der Waals surface area contributed by atoms with Crippen molar-refractivity contribution in [2.45, 2.75) is 18.9 Å². The number of anilines is 5. The Labute approximate surface area is 205 Å². The number of nitrogens with one attached hydrogen (secondary N) is 3. The first-order chi connectivity index (χ1) is 16.9. The maximum Gasteiger partial charge on any atom is 0.321 e. The standard InChI is InChI=1S/C27H31N5O3/c1-31(2)27(35)30-23-11-7-21(8-12-23)28-20-5-9-22(10-6-20)29-26(34)19-3-13-24(14-4-19)32-17-15-25(33)16-18-32/h3-14,25,28,33H,15-18H2,1-2H3,(H,29,34)(H,30,35). The second-order valence-corrected chi connectivity index (χ2v) is 8.82. The quantitative estimate of drug-likeness (QED) is 0.415. The number of hydrogen-bond donors (Lipinski definition) is 4. The van der Waals surface area contributed by atoms with Crippen molar-refractivity contribution < 1.29 is 14.7 Å². The lowest BCUT2D eigenvalue weighted by Crippen LogP contribution is -2.35. The van der Waals surface area contributed by atoms with Crippen LogP contribution in [0.3, 0.4) is 0 Å². The summed E-state index contributed by atoms with van der Waals surface area (Å²) in [5.74, 6) is -0.165. The number of carbonyl (C=O) groups excluding carboxylic acids is 2. The average Bonchev–Trinajstić information content (AvgIpc) is 2.87. The zero-order valence-corrected chi connectivity index (χ0v) is 20.0. The van der Waals surface area contributed by atoms with Crippen molar-refractivity contribution in [1.29, 1.82) is 0 Å². The van der Waals surface area contributed by atoms with Gasteiger partial charge in [0.05, 0.1) is 6.10 Å². The molecule has 0 bridgehead atoms. The minimum absolute atomic E-state index is 0.165. The van der Waals surface area contributed by atoms with Crippen LogP contribution in [0.15, 0.2) is 72.8 Å². The molecule has 0 aliphatic carbocycles. The van der Waals surface area contributed by atoms with Gasteiger partial charge in [0.15, 0.2) is 0 Å². The highest BCUT2D eigenvalue weighted by atomic mass is 16.3. The summed E-state index contributed by atoms with van der Waals surface area (Å²) in [7, 11) is 3.38. The topological polar surface area (TPSA) is 96.9 Å². The van der Waals surface area contributed by atoms with E-state index in [1.807, 2.05) is 72.8 Å². The largest absolute Gasteiger partial charge is 0.393 e. The molecule has 4 N–H and O–H groups in total. The van der Waals surface area contributed by atoms with Crippen LogP contribution in [-0.2, 0) is 0 Å². The molecule has 0 aromatic heterocycles. The van der Waals surface area contributed by atoms with Crippen LogP contribution in [0, 0.1) is 0 Å². The molecule has 3 amide bonds. The fourth-order valence-electron chi connectivity index (χ4n) is 3.83. The Morgan fingerprint density at radius 3 is 1.77 bits per heavy atom. The maximum absolute atomic E-state index is 12.7. The van der Waals surface area contributed by atoms with Crippen molar-refractivity contribution in [2.75, 3.05) is 48.0 Å². The molecule has 0 atom stereocenters. The van der Waals surface area contributed by atoms with Crippen molar-refractivity contribution in [1.82, 2.24) is 4.90 Å². The molecule has 0 unspecified atom stereocenters. The van der Waals surface area contributed by atoms with Crippen molar-refractivity contribution in [3.05, 3.63) is 78.4 Å². The van der Waals surface area contributed by atoms with E-state index >= 15 is 0 Å². The number of urea groups is 1. The molecule has 1 aliphatic rings. The molecule has 8 heteroatoms. The van der Waals surface area contributed by atoms with Gasteiger partial charge >= 0.3 is 6.03 Å². The Bertz CT molecular complexity index is 1140. The van der Waals surface area contributed by atoms with Crippen LogP contribution in [0.2, 0.25) is 0 Å². The van der Waals surface area contributed by atoms with E-state index in [4.69, 9.17) is 0 Å². The first kappa shape index (κ1) is 24.1. The van der Waals surface area contributed by atoms with Crippen molar-refractivity contribution in [3.8, 4) is 0 Å². The second-order valence-electron chi connectivity index (χ2n) is 8.82. The van der Waals surface area contributed by atoms with E-state index in [1.165, 1.54) is 4.90 Å². The Balaban J connectivity index is 1.30. The number of rotatable bonds is 6. The molecule has 182 valence electrons. The molecule has 1 saturated heterocycles. The first-order valence-corrected chi connectivity index (χ1v) is 11.7. The van der Waals surface area contributed by atoms with Crippen molar-refractivity contribution in [3.63, 3.8) is 0 Å². The van der Waals surface area contributed by atoms with Gasteiger partial charge in [0.25, 0.3) is 5.91 Å². The number of aliphatic hydroxyl groups is 1. The van der Waals surface area contributed by atoms with Gasteiger partial charge in [-0.2, -0.15) is 0 Å². The van der Waals surface area contributed by atoms with Crippen LogP contribution in [0.25, 0.3) is 0 Å². The minimum Gasteiger partial charge on any atom is -0.393 e. The summed E-state index contributed by atoms with van der Waals surface area (Å²) in [6.07, 6.45) is 1.33. The van der Waals surface area contributed by atoms with Gasteiger partial charge in [0.2, 0.25) is 0 Å². The molecule has 8 nitrogen and oxygen atoms in total. The maximum atomic E-state index is 12.7. The molecule has 1 aliphatic heterocycles. The zero-order chi connectivity index (χ0) is 24.8. The summed E-state index contributed by atoms with van der Waals surface area (Å²) >= 11 is 0. The van der Waals surface area contributed by atoms with Crippen LogP contribution >= 0.6 is 0 Å². The number of amides is 3. The molecule has 1 heterocycles. The van der Waals surface area contributed by atoms with E-state index in [0.29, 0.717) is 11.3 Å². The third-order valence-electron chi connectivity index (χ3n) is 5.93. The third-order valence-corrected chi connectivity index (χ3v) is 5.93. The van der Waals surface area contributed by atoms with Gasteiger partial charge in [0.1, 0.15) is 0 Å². The van der Waals surface area contributed by atoms with E-state index in [2.05, 4.69) is 20.9 Å². The van der Waals surface area contributed by atoms with Crippen LogP contribution in [0.4, 0.5) is 33.2 Å². The Kier molecular flexibility index (Phi) is 7.52. The molecule has 0 spiro atoms. The van der Waals surface area contributed by atoms with Crippen LogP contribution < -0.4 is 20.9 Å². The number of piperidine rings is 1. The molecule has 0 saturated carbocycles. The summed E-state index contributed by atoms with van der Waals surface area (Å²) in [5, 5.41) is 18.7. The van der Waals surface area contributed by atoms with Gasteiger partial charge in [-0.1, -0.05) is 0 Å². The highest BCUT2D eigenvalue weighted by Gasteiger charge is 2.17. The van der Waals surface area contributed by atoms with Gasteiger partial charge in [-0.05, 0) is 85.6 Å². The lowest BCUT2D eigenvalue weighted by Gasteiger charge is -2.31. The van der Waals surface area contributed by atoms with Gasteiger partial charge < -0.3 is 30.9 Å². The number of benzene rings is 3. The van der Waals surface area contributed by atoms with Crippen LogP contribution in [0.1, 0.15) is 23.2 Å². The Morgan fingerprint density at radius 1 is 0.771 bits per heavy atom. The highest BCUT2D eigenvalue weighted by molar-refractivity contribution is 6.04. The molecule has 3 aromatic rings. The fourth-order valence-corrected chi connectivity index (χ4v) is 3.83. The average molecular weight is 474 g/mol. The zero-order valence-electron chi connectivity index (χ0n) is 20.0. The van der Waals surface area contributed by atoms with E-state index in [1.54, 1.807) is 14.1 Å². The predicted molar refractivity (Wildman–Crippen MR) is 141 cm³/mol. The SMILES string of the molecule is CN(C)C(=O)Nc1ccc(Nc2ccc(NC(=O)c3ccc(N4CCC(O)CC4)cc3)cc2)cc1. The van der Waals surface area contributed by atoms with Crippen LogP contribution in [0.5, 0.6) is 0 Å². The monoisotopic (exact) mass is 473 g/mol. The van der Waals surface area contributed by atoms with E-state index in [9.17, 15) is 14.7 Å². The van der Waals surface area contributed by atoms with Crippen molar-refractivity contribution in [2.24, 2.45) is 0 Å². The van der Waals surface area contributed by atoms with Crippen molar-refractivity contribution >= 4 is 40.4 Å². The highest BCUT2D eigenvalue weighted by Crippen LogP contribution is 2.23. The van der Waals surface area contributed by atoms with Gasteiger partial charge in [-0.15, -0.1) is 0 Å². The number of hydrogen-bond acceptors (Lipinski definition) is 5. The number of nitrogens with zero attached hydrogens (tertiary/aromatic N) is 2. The summed E-state index contributed by atoms with van der Waals surface area (Å²) in [6, 6.07) is 22.3. The fraction of sp³-hybridized carbons (Fsp3) is 0.259. The molecule has 4 rings (SSSR count). The lowest BCUT2D eigenvalue weighted by atomic mass is 10.1. The Hall–Kier alpha value is -4.04. The van der Waals surface area contributed by atoms with Crippen LogP contribution in [-0.4, -0.2) is 55.2 Å². The van der Waals surface area contributed by atoms with Gasteiger partial charge in [-0.3, -0.25) is 4.79 Å². The Morgan fingerprint density at radius 2 is 1.26 bits per heavy atom. The molecular weight excluding hydrogens is 442 g/mol. The summed E-state index contributed by atoms with van der Waals surface area (Å²) in [6.45, 7) is 1.65. The molecule has 35 heavy (non-hydrogen) atoms. The van der Waals surface area contributed by atoms with Gasteiger partial charge in [-0.25, -0.2) is 4.79 Å².